The summed E-state index contributed by atoms with van der Waals surface area (Å²) >= 11 is 2.82. The van der Waals surface area contributed by atoms with E-state index in [4.69, 9.17) is 4.74 Å². The van der Waals surface area contributed by atoms with E-state index in [0.717, 1.165) is 65.0 Å². The Balaban J connectivity index is 1.30. The number of nitrogens with one attached hydrogen (secondary N) is 3. The van der Waals surface area contributed by atoms with Crippen molar-refractivity contribution in [3.63, 3.8) is 0 Å². The van der Waals surface area contributed by atoms with E-state index >= 15 is 0 Å². The van der Waals surface area contributed by atoms with Crippen LogP contribution in [0.25, 0.3) is 6.08 Å². The summed E-state index contributed by atoms with van der Waals surface area (Å²) in [5.74, 6) is -1.51. The SMILES string of the molecule is CCOC(=O)c1c(NC(=O)C(C)Sc2cccc(NC(=O)/C(=C/c3ccccc3C)NC(=O)c3ccccc3)c2)sc2c1CCCCCC2. The van der Waals surface area contributed by atoms with Crippen molar-refractivity contribution in [1.29, 1.82) is 0 Å². The van der Waals surface area contributed by atoms with Gasteiger partial charge in [-0.15, -0.1) is 23.1 Å². The Bertz CT molecular complexity index is 1850. The molecule has 1 heterocycles. The lowest BCUT2D eigenvalue weighted by molar-refractivity contribution is -0.115. The van der Waals surface area contributed by atoms with Crippen LogP contribution in [0.4, 0.5) is 10.7 Å². The molecular formula is C39H41N3O5S2. The molecule has 0 fully saturated rings. The molecule has 1 unspecified atom stereocenters. The third-order valence-corrected chi connectivity index (χ3v) is 10.5. The molecule has 254 valence electrons. The zero-order chi connectivity index (χ0) is 34.8. The van der Waals surface area contributed by atoms with Gasteiger partial charge >= 0.3 is 5.97 Å². The van der Waals surface area contributed by atoms with Crippen LogP contribution in [-0.2, 0) is 27.2 Å². The zero-order valence-corrected chi connectivity index (χ0v) is 29.6. The van der Waals surface area contributed by atoms with E-state index in [1.54, 1.807) is 62.4 Å². The lowest BCUT2D eigenvalue weighted by Crippen LogP contribution is -2.30. The molecule has 3 aromatic carbocycles. The van der Waals surface area contributed by atoms with Gasteiger partial charge in [0.25, 0.3) is 11.8 Å². The van der Waals surface area contributed by atoms with Crippen LogP contribution in [-0.4, -0.2) is 35.5 Å². The highest BCUT2D eigenvalue weighted by Crippen LogP contribution is 2.38. The van der Waals surface area contributed by atoms with Gasteiger partial charge in [0.2, 0.25) is 5.91 Å². The number of anilines is 2. The number of thiophene rings is 1. The number of benzene rings is 3. The number of ether oxygens (including phenoxy) is 1. The molecule has 8 nitrogen and oxygen atoms in total. The second-order valence-corrected chi connectivity index (χ2v) is 14.3. The highest BCUT2D eigenvalue weighted by molar-refractivity contribution is 8.00. The fourth-order valence-corrected chi connectivity index (χ4v) is 7.80. The summed E-state index contributed by atoms with van der Waals surface area (Å²) in [7, 11) is 0. The number of carbonyl (C=O) groups is 4. The third-order valence-electron chi connectivity index (χ3n) is 8.18. The first kappa shape index (κ1) is 35.6. The Morgan fingerprint density at radius 3 is 2.39 bits per heavy atom. The first-order valence-electron chi connectivity index (χ1n) is 16.6. The Labute approximate surface area is 295 Å². The Hall–Kier alpha value is -4.67. The molecule has 4 aromatic rings. The number of hydrogen-bond donors (Lipinski definition) is 3. The van der Waals surface area contributed by atoms with Gasteiger partial charge in [0.1, 0.15) is 10.7 Å². The maximum atomic E-state index is 13.6. The quantitative estimate of drug-likeness (QED) is 0.0825. The highest BCUT2D eigenvalue weighted by Gasteiger charge is 2.27. The van der Waals surface area contributed by atoms with Gasteiger partial charge in [-0.3, -0.25) is 14.4 Å². The van der Waals surface area contributed by atoms with Crippen molar-refractivity contribution in [1.82, 2.24) is 5.32 Å². The molecule has 0 aliphatic heterocycles. The fourth-order valence-electron chi connectivity index (χ4n) is 5.59. The molecule has 10 heteroatoms. The van der Waals surface area contributed by atoms with Gasteiger partial charge in [-0.1, -0.05) is 61.4 Å². The van der Waals surface area contributed by atoms with E-state index in [-0.39, 0.29) is 18.2 Å². The van der Waals surface area contributed by atoms with Crippen molar-refractivity contribution in [3.05, 3.63) is 117 Å². The molecule has 3 amide bonds. The molecule has 5 rings (SSSR count). The molecule has 1 aromatic heterocycles. The summed E-state index contributed by atoms with van der Waals surface area (Å²) in [4.78, 5) is 55.1. The van der Waals surface area contributed by atoms with Crippen LogP contribution in [0.5, 0.6) is 0 Å². The summed E-state index contributed by atoms with van der Waals surface area (Å²) in [5, 5.41) is 8.76. The van der Waals surface area contributed by atoms with Gasteiger partial charge in [-0.05, 0) is 99.6 Å². The average molecular weight is 696 g/mol. The molecule has 0 saturated heterocycles. The van der Waals surface area contributed by atoms with Crippen molar-refractivity contribution in [3.8, 4) is 0 Å². The van der Waals surface area contributed by atoms with E-state index in [1.807, 2.05) is 43.3 Å². The van der Waals surface area contributed by atoms with Crippen molar-refractivity contribution >= 4 is 63.6 Å². The summed E-state index contributed by atoms with van der Waals surface area (Å²) in [6, 6.07) is 23.5. The molecule has 3 N–H and O–H groups in total. The first-order chi connectivity index (χ1) is 23.7. The lowest BCUT2D eigenvalue weighted by Gasteiger charge is -2.15. The van der Waals surface area contributed by atoms with Crippen molar-refractivity contribution in [2.24, 2.45) is 0 Å². The number of amides is 3. The Kier molecular flexibility index (Phi) is 12.5. The van der Waals surface area contributed by atoms with Crippen LogP contribution in [0, 0.1) is 6.92 Å². The van der Waals surface area contributed by atoms with Crippen molar-refractivity contribution < 1.29 is 23.9 Å². The highest BCUT2D eigenvalue weighted by atomic mass is 32.2. The molecular weight excluding hydrogens is 655 g/mol. The monoisotopic (exact) mass is 695 g/mol. The largest absolute Gasteiger partial charge is 0.462 e. The number of thioether (sulfide) groups is 1. The minimum Gasteiger partial charge on any atom is -0.462 e. The van der Waals surface area contributed by atoms with Gasteiger partial charge in [0, 0.05) is 21.0 Å². The topological polar surface area (TPSA) is 114 Å². The van der Waals surface area contributed by atoms with E-state index in [9.17, 15) is 19.2 Å². The number of carbonyl (C=O) groups excluding carboxylic acids is 4. The number of aryl methyl sites for hydroxylation is 2. The minimum atomic E-state index is -0.507. The molecule has 0 radical (unpaired) electrons. The first-order valence-corrected chi connectivity index (χ1v) is 18.3. The molecule has 1 atom stereocenters. The standard InChI is InChI=1S/C39H41N3O5S2/c1-4-47-39(46)34-31-21-10-5-6-11-22-33(31)49-38(34)42-35(43)26(3)48-30-20-14-19-29(24-30)40-37(45)32(23-28-18-13-12-15-25(28)2)41-36(44)27-16-8-7-9-17-27/h7-9,12-20,23-24,26H,4-6,10-11,21-22H2,1-3H3,(H,40,45)(H,41,44)(H,42,43)/b32-23-. The average Bonchev–Trinajstić information content (AvgIpc) is 3.41. The fraction of sp³-hybridized carbons (Fsp3) is 0.282. The number of fused-ring (bicyclic) bond motifs is 1. The summed E-state index contributed by atoms with van der Waals surface area (Å²) < 4.78 is 5.40. The number of hydrogen-bond acceptors (Lipinski definition) is 7. The molecule has 1 aliphatic carbocycles. The van der Waals surface area contributed by atoms with Crippen LogP contribution in [0.2, 0.25) is 0 Å². The smallest absolute Gasteiger partial charge is 0.341 e. The van der Waals surface area contributed by atoms with Crippen molar-refractivity contribution in [2.75, 3.05) is 17.2 Å². The maximum absolute atomic E-state index is 13.6. The zero-order valence-electron chi connectivity index (χ0n) is 28.0. The van der Waals surface area contributed by atoms with Crippen LogP contribution in [0.3, 0.4) is 0 Å². The number of esters is 1. The summed E-state index contributed by atoms with van der Waals surface area (Å²) in [5.41, 5.74) is 4.29. The van der Waals surface area contributed by atoms with Crippen LogP contribution in [0.1, 0.15) is 81.8 Å². The van der Waals surface area contributed by atoms with Gasteiger partial charge in [-0.25, -0.2) is 4.79 Å². The van der Waals surface area contributed by atoms with E-state index < -0.39 is 23.0 Å². The normalized spacial score (nSPS) is 13.7. The van der Waals surface area contributed by atoms with E-state index in [2.05, 4.69) is 16.0 Å². The molecule has 1 aliphatic rings. The third kappa shape index (κ3) is 9.49. The summed E-state index contributed by atoms with van der Waals surface area (Å²) in [6.07, 6.45) is 7.70. The van der Waals surface area contributed by atoms with Crippen LogP contribution < -0.4 is 16.0 Å². The van der Waals surface area contributed by atoms with E-state index in [1.165, 1.54) is 23.1 Å². The Morgan fingerprint density at radius 2 is 1.63 bits per heavy atom. The second kappa shape index (κ2) is 17.1. The number of rotatable bonds is 11. The lowest BCUT2D eigenvalue weighted by atomic mass is 9.96. The molecule has 0 spiro atoms. The summed E-state index contributed by atoms with van der Waals surface area (Å²) in [6.45, 7) is 5.79. The van der Waals surface area contributed by atoms with Crippen LogP contribution in [0.15, 0.2) is 89.5 Å². The molecule has 0 bridgehead atoms. The van der Waals surface area contributed by atoms with Gasteiger partial charge in [0.15, 0.2) is 0 Å². The van der Waals surface area contributed by atoms with Crippen LogP contribution >= 0.6 is 23.1 Å². The van der Waals surface area contributed by atoms with Gasteiger partial charge in [-0.2, -0.15) is 0 Å². The predicted molar refractivity (Wildman–Crippen MR) is 198 cm³/mol. The van der Waals surface area contributed by atoms with E-state index in [0.29, 0.717) is 21.8 Å². The molecule has 49 heavy (non-hydrogen) atoms. The van der Waals surface area contributed by atoms with Gasteiger partial charge < -0.3 is 20.7 Å². The minimum absolute atomic E-state index is 0.0939. The maximum Gasteiger partial charge on any atom is 0.341 e. The van der Waals surface area contributed by atoms with Gasteiger partial charge in [0.05, 0.1) is 17.4 Å². The Morgan fingerprint density at radius 1 is 0.898 bits per heavy atom. The second-order valence-electron chi connectivity index (χ2n) is 11.8. The predicted octanol–water partition coefficient (Wildman–Crippen LogP) is 8.42. The van der Waals surface area contributed by atoms with Crippen molar-refractivity contribution in [2.45, 2.75) is 69.4 Å². The molecule has 0 saturated carbocycles.